The van der Waals surface area contributed by atoms with Gasteiger partial charge in [0.05, 0.1) is 74.1 Å². The molecule has 2 bridgehead atoms. The predicted octanol–water partition coefficient (Wildman–Crippen LogP) is 3.88. The van der Waals surface area contributed by atoms with E-state index in [4.69, 9.17) is 18.9 Å². The Morgan fingerprint density at radius 1 is 0.633 bits per heavy atom. The highest BCUT2D eigenvalue weighted by Gasteiger charge is 2.43. The fourth-order valence-electron chi connectivity index (χ4n) is 6.94. The van der Waals surface area contributed by atoms with E-state index in [1.54, 1.807) is 31.2 Å². The van der Waals surface area contributed by atoms with Crippen LogP contribution in [-0.2, 0) is 23.7 Å². The number of rotatable bonds is 2. The normalized spacial score (nSPS) is 41.8. The topological polar surface area (TPSA) is 236 Å². The Morgan fingerprint density at radius 3 is 1.88 bits per heavy atom. The maximum absolute atomic E-state index is 12.2. The highest BCUT2D eigenvalue weighted by Crippen LogP contribution is 2.37. The van der Waals surface area contributed by atoms with E-state index in [0.717, 1.165) is 0 Å². The molecule has 14 nitrogen and oxygen atoms in total. The second kappa shape index (κ2) is 29.5. The summed E-state index contributed by atoms with van der Waals surface area (Å²) in [6.07, 6.45) is 14.7. The van der Waals surface area contributed by atoms with Crippen LogP contribution in [0.15, 0.2) is 85.1 Å². The number of allylic oxidation sites excluding steroid dienone is 12. The minimum Gasteiger partial charge on any atom is -0.465 e. The summed E-state index contributed by atoms with van der Waals surface area (Å²) in [7, 11) is 0. The van der Waals surface area contributed by atoms with Gasteiger partial charge in [0, 0.05) is 32.1 Å². The van der Waals surface area contributed by atoms with Gasteiger partial charge < -0.3 is 64.9 Å². The van der Waals surface area contributed by atoms with E-state index in [9.17, 15) is 50.8 Å². The van der Waals surface area contributed by atoms with Crippen LogP contribution in [0.2, 0.25) is 0 Å². The first-order chi connectivity index (χ1) is 28.6. The second-order valence-electron chi connectivity index (χ2n) is 15.8. The van der Waals surface area contributed by atoms with E-state index in [1.807, 2.05) is 81.5 Å². The molecular formula is C46H74O14. The van der Waals surface area contributed by atoms with Crippen LogP contribution in [0.1, 0.15) is 105 Å². The first-order valence-electron chi connectivity index (χ1n) is 21.6. The van der Waals surface area contributed by atoms with Crippen molar-refractivity contribution < 1.29 is 69.7 Å². The molecule has 0 aromatic carbocycles. The van der Waals surface area contributed by atoms with Crippen LogP contribution in [0, 0.1) is 5.92 Å². The predicted molar refractivity (Wildman–Crippen MR) is 228 cm³/mol. The van der Waals surface area contributed by atoms with Gasteiger partial charge >= 0.3 is 5.97 Å². The molecule has 3 rings (SSSR count). The zero-order chi connectivity index (χ0) is 44.5. The molecule has 12 unspecified atom stereocenters. The molecule has 3 aliphatic rings. The van der Waals surface area contributed by atoms with Crippen molar-refractivity contribution >= 4 is 5.97 Å². The largest absolute Gasteiger partial charge is 0.465 e. The SMILES string of the molecule is CC.CC1CCC2(O)CC(O)C(O)CCC(O)CC(O)CC(O)CC(=O)OCCC(O)C/C=C/C=C/C=C/C=C/C=C/C=C/C=C/C(OC3O[C@H](C)C(O)C[C@@H]3O)CC1O2. The van der Waals surface area contributed by atoms with Gasteiger partial charge in [-0.3, -0.25) is 4.79 Å². The second-order valence-corrected chi connectivity index (χ2v) is 15.8. The van der Waals surface area contributed by atoms with Crippen molar-refractivity contribution in [3.63, 3.8) is 0 Å². The molecular weight excluding hydrogens is 776 g/mol. The molecule has 9 N–H and O–H groups in total. The maximum Gasteiger partial charge on any atom is 0.308 e. The van der Waals surface area contributed by atoms with Crippen LogP contribution < -0.4 is 0 Å². The number of aliphatic hydroxyl groups is 9. The maximum atomic E-state index is 12.2. The molecule has 0 spiro atoms. The van der Waals surface area contributed by atoms with Gasteiger partial charge in [-0.15, -0.1) is 0 Å². The fraction of sp³-hybridized carbons (Fsp3) is 0.674. The molecule has 0 aromatic rings. The van der Waals surface area contributed by atoms with E-state index >= 15 is 0 Å². The van der Waals surface area contributed by atoms with E-state index in [2.05, 4.69) is 0 Å². The lowest BCUT2D eigenvalue weighted by Crippen LogP contribution is -2.50. The summed E-state index contributed by atoms with van der Waals surface area (Å²) in [6.45, 7) is 7.65. The van der Waals surface area contributed by atoms with Gasteiger partial charge in [0.1, 0.15) is 6.10 Å². The van der Waals surface area contributed by atoms with Crippen molar-refractivity contribution in [3.05, 3.63) is 85.1 Å². The summed E-state index contributed by atoms with van der Waals surface area (Å²) in [6, 6.07) is 0. The molecule has 14 heteroatoms. The van der Waals surface area contributed by atoms with Gasteiger partial charge in [-0.2, -0.15) is 0 Å². The zero-order valence-corrected chi connectivity index (χ0v) is 35.8. The van der Waals surface area contributed by atoms with Crippen molar-refractivity contribution in [2.24, 2.45) is 5.92 Å². The molecule has 14 atom stereocenters. The van der Waals surface area contributed by atoms with Gasteiger partial charge in [-0.1, -0.05) is 106 Å². The number of carbonyl (C=O) groups excluding carboxylic acids is 1. The quantitative estimate of drug-likeness (QED) is 0.180. The zero-order valence-electron chi connectivity index (χ0n) is 35.8. The smallest absolute Gasteiger partial charge is 0.308 e. The minimum atomic E-state index is -1.77. The Hall–Kier alpha value is -2.83. The van der Waals surface area contributed by atoms with Crippen LogP contribution >= 0.6 is 0 Å². The monoisotopic (exact) mass is 851 g/mol. The van der Waals surface area contributed by atoms with Crippen molar-refractivity contribution in [2.45, 2.75) is 184 Å². The van der Waals surface area contributed by atoms with E-state index < -0.39 is 85.2 Å². The van der Waals surface area contributed by atoms with Crippen LogP contribution in [0.4, 0.5) is 0 Å². The van der Waals surface area contributed by atoms with Crippen molar-refractivity contribution in [1.29, 1.82) is 0 Å². The lowest BCUT2D eigenvalue weighted by molar-refractivity contribution is -0.295. The van der Waals surface area contributed by atoms with Gasteiger partial charge in [0.15, 0.2) is 12.1 Å². The summed E-state index contributed by atoms with van der Waals surface area (Å²) in [5.74, 6) is -2.47. The highest BCUT2D eigenvalue weighted by atomic mass is 16.7. The van der Waals surface area contributed by atoms with Crippen LogP contribution in [-0.4, -0.2) is 138 Å². The van der Waals surface area contributed by atoms with Crippen LogP contribution in [0.3, 0.4) is 0 Å². The summed E-state index contributed by atoms with van der Waals surface area (Å²) >= 11 is 0. The van der Waals surface area contributed by atoms with Crippen molar-refractivity contribution in [2.75, 3.05) is 6.61 Å². The summed E-state index contributed by atoms with van der Waals surface area (Å²) in [4.78, 5) is 12.2. The van der Waals surface area contributed by atoms with E-state index in [1.165, 1.54) is 0 Å². The fourth-order valence-corrected chi connectivity index (χ4v) is 6.94. The number of ether oxygens (including phenoxy) is 4. The third-order valence-electron chi connectivity index (χ3n) is 10.5. The van der Waals surface area contributed by atoms with E-state index in [-0.39, 0.29) is 76.7 Å². The molecule has 2 saturated heterocycles. The van der Waals surface area contributed by atoms with Gasteiger partial charge in [0.25, 0.3) is 0 Å². The molecule has 3 heterocycles. The number of esters is 1. The number of aliphatic hydroxyl groups excluding tert-OH is 8. The van der Waals surface area contributed by atoms with E-state index in [0.29, 0.717) is 12.8 Å². The first-order valence-corrected chi connectivity index (χ1v) is 21.6. The Bertz CT molecular complexity index is 1390. The standard InChI is InChI=1S/C44H68O14.C2H6/c1-30-20-22-44(54)29-40(52)37(49)19-18-33(46)24-34(47)25-35(48)26-42(53)55-23-21-32(45)16-14-12-10-8-6-4-3-5-7-9-11-13-15-17-36(27-41(30)58-44)57-43-39(51)28-38(50)31(2)56-43;1-2/h3-15,17,30-41,43,45-52,54H,16,18-29H2,1-2H3;1-2H3/b5-3+,6-4+,9-7+,10-8+,13-11+,14-12+,17-15+;/t30?,31-,32?,33?,34?,35?,36?,37?,38?,39+,40?,41?,43?,44?;/m1./s1. The molecule has 60 heavy (non-hydrogen) atoms. The Morgan fingerprint density at radius 2 is 1.23 bits per heavy atom. The lowest BCUT2D eigenvalue weighted by atomic mass is 9.86. The Kier molecular flexibility index (Phi) is 26.2. The van der Waals surface area contributed by atoms with Gasteiger partial charge in [-0.25, -0.2) is 0 Å². The van der Waals surface area contributed by atoms with Gasteiger partial charge in [0.2, 0.25) is 0 Å². The number of cyclic esters (lactones) is 1. The van der Waals surface area contributed by atoms with Crippen LogP contribution in [0.5, 0.6) is 0 Å². The summed E-state index contributed by atoms with van der Waals surface area (Å²) in [5, 5.41) is 95.4. The van der Waals surface area contributed by atoms with Crippen molar-refractivity contribution in [1.82, 2.24) is 0 Å². The average molecular weight is 851 g/mol. The number of fused-ring (bicyclic) bond motifs is 2. The third kappa shape index (κ3) is 21.8. The molecule has 342 valence electrons. The molecule has 2 fully saturated rings. The third-order valence-corrected chi connectivity index (χ3v) is 10.5. The highest BCUT2D eigenvalue weighted by molar-refractivity contribution is 5.69. The molecule has 0 amide bonds. The Balaban J connectivity index is 0.00000610. The number of carbonyl (C=O) groups is 1. The summed E-state index contributed by atoms with van der Waals surface area (Å²) in [5.41, 5.74) is 0. The molecule has 0 saturated carbocycles. The molecule has 0 radical (unpaired) electrons. The minimum absolute atomic E-state index is 0.00818. The van der Waals surface area contributed by atoms with Crippen LogP contribution in [0.25, 0.3) is 0 Å². The molecule has 0 aliphatic carbocycles. The van der Waals surface area contributed by atoms with Gasteiger partial charge in [-0.05, 0) is 51.4 Å². The lowest BCUT2D eigenvalue weighted by Gasteiger charge is -2.43. The molecule has 0 aromatic heterocycles. The number of hydrogen-bond acceptors (Lipinski definition) is 14. The number of hydrogen-bond donors (Lipinski definition) is 9. The molecule has 3 aliphatic heterocycles. The van der Waals surface area contributed by atoms with Crippen molar-refractivity contribution in [3.8, 4) is 0 Å². The average Bonchev–Trinajstić information content (AvgIpc) is 3.19. The summed E-state index contributed by atoms with van der Waals surface area (Å²) < 4.78 is 23.3. The Labute approximate surface area is 356 Å². The first kappa shape index (κ1) is 53.3.